The topological polar surface area (TPSA) is 42.4 Å². The molecule has 32 heavy (non-hydrogen) atoms. The third-order valence-electron chi connectivity index (χ3n) is 6.08. The van der Waals surface area contributed by atoms with Crippen LogP contribution >= 0.6 is 0 Å². The molecule has 0 spiro atoms. The minimum absolute atomic E-state index is 0.159. The summed E-state index contributed by atoms with van der Waals surface area (Å²) >= 11 is 0. The molecule has 4 nitrogen and oxygen atoms in total. The van der Waals surface area contributed by atoms with Gasteiger partial charge in [0.05, 0.1) is 7.11 Å². The predicted octanol–water partition coefficient (Wildman–Crippen LogP) is 5.16. The van der Waals surface area contributed by atoms with Crippen molar-refractivity contribution in [3.63, 3.8) is 0 Å². The first kappa shape index (κ1) is 22.0. The van der Waals surface area contributed by atoms with Crippen LogP contribution in [0.1, 0.15) is 47.7 Å². The van der Waals surface area contributed by atoms with Gasteiger partial charge in [-0.25, -0.2) is 4.39 Å². The molecule has 1 aliphatic rings. The number of nitrogens with zero attached hydrogens (tertiary/aromatic N) is 2. The Morgan fingerprint density at radius 1 is 1.09 bits per heavy atom. The van der Waals surface area contributed by atoms with E-state index in [4.69, 9.17) is 9.72 Å². The zero-order chi connectivity index (χ0) is 22.3. The molecule has 1 aliphatic heterocycles. The number of hydrogen-bond donors (Lipinski definition) is 0. The maximum atomic E-state index is 13.1. The summed E-state index contributed by atoms with van der Waals surface area (Å²) < 4.78 is 18.4. The van der Waals surface area contributed by atoms with E-state index in [9.17, 15) is 9.18 Å². The Balaban J connectivity index is 1.37. The van der Waals surface area contributed by atoms with Crippen LogP contribution in [0.25, 0.3) is 0 Å². The monoisotopic (exact) mass is 432 g/mol. The molecule has 4 rings (SSSR count). The lowest BCUT2D eigenvalue weighted by Crippen LogP contribution is -2.39. The Hall–Kier alpha value is -3.21. The number of likely N-dealkylation sites (tertiary alicyclic amines) is 1. The van der Waals surface area contributed by atoms with Crippen LogP contribution < -0.4 is 4.74 Å². The molecule has 1 amide bonds. The molecule has 5 heteroatoms. The molecular weight excluding hydrogens is 403 g/mol. The van der Waals surface area contributed by atoms with Crippen molar-refractivity contribution in [3.8, 4) is 5.75 Å². The minimum atomic E-state index is -0.250. The van der Waals surface area contributed by atoms with Crippen molar-refractivity contribution in [3.05, 3.63) is 95.1 Å². The maximum absolute atomic E-state index is 13.1. The number of amides is 1. The largest absolute Gasteiger partial charge is 0.497 e. The Morgan fingerprint density at radius 3 is 2.72 bits per heavy atom. The number of hydrogen-bond acceptors (Lipinski definition) is 3. The molecule has 1 unspecified atom stereocenters. The standard InChI is InChI=1S/C27H29FN2O2/c1-32-25-8-2-5-21(18-25)17-24-7-3-9-26(29-24)22-6-4-16-30(19-22)27(31)15-12-20-10-13-23(28)14-11-20/h2-3,5,7-11,13-14,18,22H,4,6,12,15-17,19H2,1H3. The first-order valence-corrected chi connectivity index (χ1v) is 11.2. The number of methoxy groups -OCH3 is 1. The van der Waals surface area contributed by atoms with Gasteiger partial charge in [0, 0.05) is 43.2 Å². The number of halogens is 1. The zero-order valence-corrected chi connectivity index (χ0v) is 18.5. The van der Waals surface area contributed by atoms with Crippen LogP contribution in [0, 0.1) is 5.82 Å². The molecule has 0 N–H and O–H groups in total. The Morgan fingerprint density at radius 2 is 1.91 bits per heavy atom. The average molecular weight is 433 g/mol. The van der Waals surface area contributed by atoms with Crippen LogP contribution in [-0.4, -0.2) is 36.0 Å². The number of piperidine rings is 1. The summed E-state index contributed by atoms with van der Waals surface area (Å²) in [5, 5.41) is 0. The number of pyridine rings is 1. The third-order valence-corrected chi connectivity index (χ3v) is 6.08. The normalized spacial score (nSPS) is 16.1. The highest BCUT2D eigenvalue weighted by Crippen LogP contribution is 2.27. The second kappa shape index (κ2) is 10.4. The first-order valence-electron chi connectivity index (χ1n) is 11.2. The van der Waals surface area contributed by atoms with E-state index >= 15 is 0 Å². The second-order valence-corrected chi connectivity index (χ2v) is 8.39. The zero-order valence-electron chi connectivity index (χ0n) is 18.5. The fourth-order valence-corrected chi connectivity index (χ4v) is 4.32. The average Bonchev–Trinajstić information content (AvgIpc) is 2.84. The lowest BCUT2D eigenvalue weighted by atomic mass is 9.93. The van der Waals surface area contributed by atoms with Crippen LogP contribution in [0.5, 0.6) is 5.75 Å². The van der Waals surface area contributed by atoms with Gasteiger partial charge in [-0.3, -0.25) is 9.78 Å². The van der Waals surface area contributed by atoms with E-state index in [1.807, 2.05) is 23.1 Å². The van der Waals surface area contributed by atoms with Crippen molar-refractivity contribution in [1.29, 1.82) is 0 Å². The summed E-state index contributed by atoms with van der Waals surface area (Å²) in [4.78, 5) is 19.7. The van der Waals surface area contributed by atoms with Crippen LogP contribution in [0.2, 0.25) is 0 Å². The van der Waals surface area contributed by atoms with Gasteiger partial charge in [0.1, 0.15) is 11.6 Å². The Labute approximate surface area is 189 Å². The minimum Gasteiger partial charge on any atom is -0.497 e. The molecule has 3 aromatic rings. The van der Waals surface area contributed by atoms with Gasteiger partial charge < -0.3 is 9.64 Å². The predicted molar refractivity (Wildman–Crippen MR) is 123 cm³/mol. The van der Waals surface area contributed by atoms with E-state index in [-0.39, 0.29) is 17.6 Å². The van der Waals surface area contributed by atoms with E-state index in [1.165, 1.54) is 12.1 Å². The number of carbonyl (C=O) groups is 1. The van der Waals surface area contributed by atoms with Crippen molar-refractivity contribution in [2.24, 2.45) is 0 Å². The molecule has 2 heterocycles. The van der Waals surface area contributed by atoms with E-state index in [1.54, 1.807) is 19.2 Å². The molecule has 166 valence electrons. The van der Waals surface area contributed by atoms with Gasteiger partial charge in [0.25, 0.3) is 0 Å². The highest BCUT2D eigenvalue weighted by Gasteiger charge is 2.25. The molecule has 1 aromatic heterocycles. The van der Waals surface area contributed by atoms with Gasteiger partial charge >= 0.3 is 0 Å². The van der Waals surface area contributed by atoms with Crippen molar-refractivity contribution in [1.82, 2.24) is 9.88 Å². The Kier molecular flexibility index (Phi) is 7.15. The lowest BCUT2D eigenvalue weighted by Gasteiger charge is -2.32. The molecule has 0 bridgehead atoms. The summed E-state index contributed by atoms with van der Waals surface area (Å²) in [5.74, 6) is 1.01. The first-order chi connectivity index (χ1) is 15.6. The molecule has 0 aliphatic carbocycles. The van der Waals surface area contributed by atoms with Gasteiger partial charge in [-0.1, -0.05) is 30.3 Å². The van der Waals surface area contributed by atoms with E-state index in [0.29, 0.717) is 19.4 Å². The smallest absolute Gasteiger partial charge is 0.222 e. The van der Waals surface area contributed by atoms with E-state index in [0.717, 1.165) is 54.1 Å². The quantitative estimate of drug-likeness (QED) is 0.518. The Bertz CT molecular complexity index is 1050. The molecule has 1 atom stereocenters. The third kappa shape index (κ3) is 5.72. The summed E-state index contributed by atoms with van der Waals surface area (Å²) in [7, 11) is 1.67. The SMILES string of the molecule is COc1cccc(Cc2cccc(C3CCCN(C(=O)CCc4ccc(F)cc4)C3)n2)c1. The molecule has 1 saturated heterocycles. The second-order valence-electron chi connectivity index (χ2n) is 8.39. The van der Waals surface area contributed by atoms with Gasteiger partial charge in [0.15, 0.2) is 0 Å². The lowest BCUT2D eigenvalue weighted by molar-refractivity contribution is -0.132. The number of ether oxygens (including phenoxy) is 1. The van der Waals surface area contributed by atoms with Crippen LogP contribution in [0.4, 0.5) is 4.39 Å². The van der Waals surface area contributed by atoms with Gasteiger partial charge in [0.2, 0.25) is 5.91 Å². The summed E-state index contributed by atoms with van der Waals surface area (Å²) in [6, 6.07) is 20.6. The number of aromatic nitrogens is 1. The van der Waals surface area contributed by atoms with E-state index in [2.05, 4.69) is 24.3 Å². The summed E-state index contributed by atoms with van der Waals surface area (Å²) in [6.45, 7) is 1.50. The number of carbonyl (C=O) groups excluding carboxylic acids is 1. The highest BCUT2D eigenvalue weighted by atomic mass is 19.1. The number of aryl methyl sites for hydroxylation is 1. The number of benzene rings is 2. The molecule has 2 aromatic carbocycles. The maximum Gasteiger partial charge on any atom is 0.222 e. The van der Waals surface area contributed by atoms with Crippen LogP contribution in [0.3, 0.4) is 0 Å². The fraction of sp³-hybridized carbons (Fsp3) is 0.333. The fourth-order valence-electron chi connectivity index (χ4n) is 4.32. The molecule has 0 saturated carbocycles. The van der Waals surface area contributed by atoms with Crippen LogP contribution in [0.15, 0.2) is 66.7 Å². The van der Waals surface area contributed by atoms with E-state index < -0.39 is 0 Å². The van der Waals surface area contributed by atoms with Crippen molar-refractivity contribution < 1.29 is 13.9 Å². The number of rotatable bonds is 7. The molecular formula is C27H29FN2O2. The van der Waals surface area contributed by atoms with Gasteiger partial charge in [-0.05, 0) is 66.8 Å². The van der Waals surface area contributed by atoms with Crippen molar-refractivity contribution in [2.75, 3.05) is 20.2 Å². The summed E-state index contributed by atoms with van der Waals surface area (Å²) in [5.41, 5.74) is 4.23. The highest BCUT2D eigenvalue weighted by molar-refractivity contribution is 5.76. The molecule has 1 fully saturated rings. The van der Waals surface area contributed by atoms with Crippen molar-refractivity contribution in [2.45, 2.75) is 38.0 Å². The van der Waals surface area contributed by atoms with Crippen LogP contribution in [-0.2, 0) is 17.6 Å². The summed E-state index contributed by atoms with van der Waals surface area (Å²) in [6.07, 6.45) is 3.85. The van der Waals surface area contributed by atoms with Gasteiger partial charge in [-0.15, -0.1) is 0 Å². The van der Waals surface area contributed by atoms with Crippen molar-refractivity contribution >= 4 is 5.91 Å². The molecule has 0 radical (unpaired) electrons. The van der Waals surface area contributed by atoms with Gasteiger partial charge in [-0.2, -0.15) is 0 Å².